The molecule has 0 aromatic heterocycles. The minimum absolute atomic E-state index is 0.00581. The van der Waals surface area contributed by atoms with Gasteiger partial charge in [0, 0.05) is 6.54 Å². The van der Waals surface area contributed by atoms with E-state index in [9.17, 15) is 9.59 Å². The summed E-state index contributed by atoms with van der Waals surface area (Å²) >= 11 is 0. The fraction of sp³-hybridized carbons (Fsp3) is 0.867. The van der Waals surface area contributed by atoms with Gasteiger partial charge >= 0.3 is 0 Å². The quantitative estimate of drug-likeness (QED) is 0.848. The summed E-state index contributed by atoms with van der Waals surface area (Å²) in [6.45, 7) is 10.9. The summed E-state index contributed by atoms with van der Waals surface area (Å²) < 4.78 is 0. The van der Waals surface area contributed by atoms with Crippen molar-refractivity contribution < 1.29 is 9.59 Å². The zero-order chi connectivity index (χ0) is 14.4. The maximum Gasteiger partial charge on any atom is 0.246 e. The molecule has 1 aliphatic carbocycles. The van der Waals surface area contributed by atoms with Crippen LogP contribution >= 0.6 is 0 Å². The largest absolute Gasteiger partial charge is 0.342 e. The van der Waals surface area contributed by atoms with E-state index in [-0.39, 0.29) is 28.7 Å². The molecule has 1 saturated heterocycles. The van der Waals surface area contributed by atoms with E-state index in [0.29, 0.717) is 6.42 Å². The van der Waals surface area contributed by atoms with Crippen molar-refractivity contribution in [2.45, 2.75) is 66.0 Å². The molecule has 2 aliphatic rings. The summed E-state index contributed by atoms with van der Waals surface area (Å²) in [4.78, 5) is 26.8. The minimum Gasteiger partial charge on any atom is -0.342 e. The molecule has 2 amide bonds. The lowest BCUT2D eigenvalue weighted by atomic mass is 9.83. The Hall–Kier alpha value is -1.06. The van der Waals surface area contributed by atoms with Gasteiger partial charge in [0.2, 0.25) is 11.8 Å². The van der Waals surface area contributed by atoms with E-state index in [2.05, 4.69) is 12.2 Å². The summed E-state index contributed by atoms with van der Waals surface area (Å²) in [7, 11) is 0. The number of hydrogen-bond donors (Lipinski definition) is 1. The van der Waals surface area contributed by atoms with E-state index >= 15 is 0 Å². The second kappa shape index (κ2) is 4.50. The van der Waals surface area contributed by atoms with Crippen LogP contribution in [0.1, 0.15) is 53.9 Å². The van der Waals surface area contributed by atoms with E-state index < -0.39 is 6.04 Å². The Morgan fingerprint density at radius 2 is 1.89 bits per heavy atom. The van der Waals surface area contributed by atoms with Crippen molar-refractivity contribution in [1.82, 2.24) is 10.2 Å². The second-order valence-electron chi connectivity index (χ2n) is 7.51. The molecule has 4 nitrogen and oxygen atoms in total. The number of carbonyl (C=O) groups excluding carboxylic acids is 2. The third-order valence-electron chi connectivity index (χ3n) is 4.40. The maximum atomic E-state index is 12.7. The standard InChI is InChI=1S/C15H26N2O2/c1-6-10-12(18)16-11(14(2,3)4)13(19)17(10)9-15(5)7-8-15/h10-11H,6-9H2,1-5H3,(H,16,18). The lowest BCUT2D eigenvalue weighted by Gasteiger charge is -2.44. The molecule has 0 radical (unpaired) electrons. The van der Waals surface area contributed by atoms with Crippen LogP contribution in [0.2, 0.25) is 0 Å². The van der Waals surface area contributed by atoms with Crippen molar-refractivity contribution >= 4 is 11.8 Å². The van der Waals surface area contributed by atoms with Crippen molar-refractivity contribution in [2.24, 2.45) is 10.8 Å². The molecule has 0 spiro atoms. The first-order valence-electron chi connectivity index (χ1n) is 7.29. The van der Waals surface area contributed by atoms with Gasteiger partial charge in [-0.2, -0.15) is 0 Å². The zero-order valence-corrected chi connectivity index (χ0v) is 12.7. The molecule has 0 aromatic rings. The number of hydrogen-bond acceptors (Lipinski definition) is 2. The van der Waals surface area contributed by atoms with Gasteiger partial charge in [0.25, 0.3) is 0 Å². The van der Waals surface area contributed by atoms with Gasteiger partial charge in [0.05, 0.1) is 0 Å². The molecule has 0 bridgehead atoms. The molecule has 1 aliphatic heterocycles. The number of piperazine rings is 1. The number of nitrogens with one attached hydrogen (secondary N) is 1. The van der Waals surface area contributed by atoms with Gasteiger partial charge in [-0.15, -0.1) is 0 Å². The molecule has 1 heterocycles. The van der Waals surface area contributed by atoms with Gasteiger partial charge < -0.3 is 10.2 Å². The molecule has 2 fully saturated rings. The number of rotatable bonds is 3. The van der Waals surface area contributed by atoms with Crippen LogP contribution in [0.25, 0.3) is 0 Å². The van der Waals surface area contributed by atoms with Crippen molar-refractivity contribution in [3.8, 4) is 0 Å². The monoisotopic (exact) mass is 266 g/mol. The van der Waals surface area contributed by atoms with Crippen LogP contribution in [0.5, 0.6) is 0 Å². The first-order valence-corrected chi connectivity index (χ1v) is 7.29. The predicted molar refractivity (Wildman–Crippen MR) is 74.5 cm³/mol. The Balaban J connectivity index is 2.23. The van der Waals surface area contributed by atoms with Crippen LogP contribution < -0.4 is 5.32 Å². The van der Waals surface area contributed by atoms with E-state index in [1.54, 1.807) is 0 Å². The van der Waals surface area contributed by atoms with E-state index in [0.717, 1.165) is 19.4 Å². The topological polar surface area (TPSA) is 49.4 Å². The molecule has 1 saturated carbocycles. The van der Waals surface area contributed by atoms with Crippen molar-refractivity contribution in [3.63, 3.8) is 0 Å². The van der Waals surface area contributed by atoms with E-state index in [4.69, 9.17) is 0 Å². The Bertz CT molecular complexity index is 393. The summed E-state index contributed by atoms with van der Waals surface area (Å²) in [5, 5.41) is 2.91. The molecule has 19 heavy (non-hydrogen) atoms. The van der Waals surface area contributed by atoms with E-state index in [1.165, 1.54) is 0 Å². The highest BCUT2D eigenvalue weighted by molar-refractivity contribution is 5.97. The highest BCUT2D eigenvalue weighted by Gasteiger charge is 2.48. The molecular formula is C15H26N2O2. The maximum absolute atomic E-state index is 12.7. The molecule has 1 N–H and O–H groups in total. The van der Waals surface area contributed by atoms with Gasteiger partial charge in [0.15, 0.2) is 0 Å². The second-order valence-corrected chi connectivity index (χ2v) is 7.51. The SMILES string of the molecule is CCC1C(=O)NC(C(C)(C)C)C(=O)N1CC1(C)CC1. The van der Waals surface area contributed by atoms with Gasteiger partial charge in [-0.1, -0.05) is 34.6 Å². The highest BCUT2D eigenvalue weighted by atomic mass is 16.2. The lowest BCUT2D eigenvalue weighted by molar-refractivity contribution is -0.153. The zero-order valence-electron chi connectivity index (χ0n) is 12.7. The average molecular weight is 266 g/mol. The summed E-state index contributed by atoms with van der Waals surface area (Å²) in [6.07, 6.45) is 3.01. The average Bonchev–Trinajstić information content (AvgIpc) is 3.00. The first-order chi connectivity index (χ1) is 8.68. The lowest BCUT2D eigenvalue weighted by Crippen LogP contribution is -2.67. The Morgan fingerprint density at radius 1 is 1.32 bits per heavy atom. The summed E-state index contributed by atoms with van der Waals surface area (Å²) in [6, 6.07) is -0.686. The normalized spacial score (nSPS) is 30.3. The van der Waals surface area contributed by atoms with Gasteiger partial charge in [-0.25, -0.2) is 0 Å². The van der Waals surface area contributed by atoms with Crippen molar-refractivity contribution in [2.75, 3.05) is 6.54 Å². The number of carbonyl (C=O) groups is 2. The van der Waals surface area contributed by atoms with Crippen LogP contribution in [0.3, 0.4) is 0 Å². The Morgan fingerprint density at radius 3 is 2.32 bits per heavy atom. The number of amides is 2. The number of nitrogens with zero attached hydrogens (tertiary/aromatic N) is 1. The van der Waals surface area contributed by atoms with Crippen molar-refractivity contribution in [3.05, 3.63) is 0 Å². The molecule has 0 aromatic carbocycles. The highest BCUT2D eigenvalue weighted by Crippen LogP contribution is 2.46. The minimum atomic E-state index is -0.398. The van der Waals surface area contributed by atoms with Gasteiger partial charge in [-0.3, -0.25) is 9.59 Å². The Kier molecular flexibility index (Phi) is 3.40. The van der Waals surface area contributed by atoms with Crippen LogP contribution in [-0.2, 0) is 9.59 Å². The summed E-state index contributed by atoms with van der Waals surface area (Å²) in [5.41, 5.74) is -0.00268. The van der Waals surface area contributed by atoms with Crippen molar-refractivity contribution in [1.29, 1.82) is 0 Å². The molecule has 108 valence electrons. The molecule has 2 rings (SSSR count). The summed E-state index contributed by atoms with van der Waals surface area (Å²) in [5.74, 6) is 0.0957. The smallest absolute Gasteiger partial charge is 0.246 e. The predicted octanol–water partition coefficient (Wildman–Crippen LogP) is 1.94. The van der Waals surface area contributed by atoms with Crippen LogP contribution in [-0.4, -0.2) is 35.3 Å². The molecule has 2 atom stereocenters. The molecule has 2 unspecified atom stereocenters. The van der Waals surface area contributed by atoms with Gasteiger partial charge in [0.1, 0.15) is 12.1 Å². The fourth-order valence-corrected chi connectivity index (χ4v) is 2.72. The fourth-order valence-electron chi connectivity index (χ4n) is 2.72. The molecular weight excluding hydrogens is 240 g/mol. The van der Waals surface area contributed by atoms with Crippen LogP contribution in [0.4, 0.5) is 0 Å². The van der Waals surface area contributed by atoms with Crippen LogP contribution in [0.15, 0.2) is 0 Å². The first kappa shape index (κ1) is 14.4. The van der Waals surface area contributed by atoms with E-state index in [1.807, 2.05) is 32.6 Å². The third kappa shape index (κ3) is 2.77. The van der Waals surface area contributed by atoms with Gasteiger partial charge in [-0.05, 0) is 30.1 Å². The third-order valence-corrected chi connectivity index (χ3v) is 4.40. The van der Waals surface area contributed by atoms with Crippen LogP contribution in [0, 0.1) is 10.8 Å². The molecule has 4 heteroatoms. The Labute approximate surface area is 115 Å².